The molecule has 6 nitrogen and oxygen atoms in total. The van der Waals surface area contributed by atoms with Gasteiger partial charge in [-0.2, -0.15) is 5.26 Å². The van der Waals surface area contributed by atoms with E-state index in [1.807, 2.05) is 13.0 Å². The lowest BCUT2D eigenvalue weighted by Gasteiger charge is -2.28. The molecule has 0 aliphatic rings. The topological polar surface area (TPSA) is 88.4 Å². The highest BCUT2D eigenvalue weighted by atomic mass is 16.5. The number of nitrogens with one attached hydrogen (secondary N) is 1. The number of nitriles is 1. The van der Waals surface area contributed by atoms with E-state index >= 15 is 0 Å². The van der Waals surface area contributed by atoms with Gasteiger partial charge in [-0.15, -0.1) is 0 Å². The van der Waals surface area contributed by atoms with E-state index in [0.717, 1.165) is 19.3 Å². The first kappa shape index (κ1) is 20.7. The van der Waals surface area contributed by atoms with Crippen molar-refractivity contribution in [2.45, 2.75) is 59.0 Å². The fourth-order valence-corrected chi connectivity index (χ4v) is 2.30. The van der Waals surface area contributed by atoms with Crippen molar-refractivity contribution in [1.29, 1.82) is 5.26 Å². The van der Waals surface area contributed by atoms with E-state index in [4.69, 9.17) is 9.47 Å². The van der Waals surface area contributed by atoms with Crippen molar-refractivity contribution in [1.82, 2.24) is 0 Å². The lowest BCUT2D eigenvalue weighted by Crippen LogP contribution is -2.43. The number of benzene rings is 1. The largest absolute Gasteiger partial charge is 0.427 e. The van der Waals surface area contributed by atoms with Crippen LogP contribution >= 0.6 is 0 Å². The molecule has 1 aromatic rings. The highest BCUT2D eigenvalue weighted by Gasteiger charge is 2.33. The highest BCUT2D eigenvalue weighted by molar-refractivity contribution is 5.98. The van der Waals surface area contributed by atoms with Crippen LogP contribution in [0.15, 0.2) is 18.2 Å². The molecule has 6 heteroatoms. The molecule has 0 bridgehead atoms. The SMILES string of the molecule is CCCC[C@](C)(OCCC)C(=O)Nc1ccc(OC(C)=O)cc1C#N. The number of carbonyl (C=O) groups is 2. The number of hydrogen-bond acceptors (Lipinski definition) is 5. The predicted molar refractivity (Wildman–Crippen MR) is 95.3 cm³/mol. The molecule has 25 heavy (non-hydrogen) atoms. The Hall–Kier alpha value is -2.39. The molecule has 1 rings (SSSR count). The van der Waals surface area contributed by atoms with Gasteiger partial charge in [-0.3, -0.25) is 9.59 Å². The summed E-state index contributed by atoms with van der Waals surface area (Å²) in [6, 6.07) is 6.52. The number of esters is 1. The number of unbranched alkanes of at least 4 members (excludes halogenated alkanes) is 1. The molecule has 0 saturated heterocycles. The third-order valence-corrected chi connectivity index (χ3v) is 3.73. The second-order valence-corrected chi connectivity index (χ2v) is 6.05. The Bertz CT molecular complexity index is 641. The third-order valence-electron chi connectivity index (χ3n) is 3.73. The van der Waals surface area contributed by atoms with Gasteiger partial charge < -0.3 is 14.8 Å². The number of hydrogen-bond donors (Lipinski definition) is 1. The van der Waals surface area contributed by atoms with Crippen molar-refractivity contribution in [3.63, 3.8) is 0 Å². The van der Waals surface area contributed by atoms with Gasteiger partial charge in [0.25, 0.3) is 5.91 Å². The number of amides is 1. The van der Waals surface area contributed by atoms with Crippen molar-refractivity contribution in [2.75, 3.05) is 11.9 Å². The molecule has 1 amide bonds. The van der Waals surface area contributed by atoms with Gasteiger partial charge in [0.15, 0.2) is 0 Å². The van der Waals surface area contributed by atoms with E-state index < -0.39 is 11.6 Å². The second-order valence-electron chi connectivity index (χ2n) is 6.05. The van der Waals surface area contributed by atoms with Gasteiger partial charge in [-0.25, -0.2) is 0 Å². The minimum Gasteiger partial charge on any atom is -0.427 e. The van der Waals surface area contributed by atoms with Crippen LogP contribution in [-0.2, 0) is 14.3 Å². The van der Waals surface area contributed by atoms with Crippen molar-refractivity contribution < 1.29 is 19.1 Å². The normalized spacial score (nSPS) is 12.8. The zero-order chi connectivity index (χ0) is 18.9. The zero-order valence-electron chi connectivity index (χ0n) is 15.3. The average molecular weight is 346 g/mol. The minimum absolute atomic E-state index is 0.223. The smallest absolute Gasteiger partial charge is 0.308 e. The van der Waals surface area contributed by atoms with Crippen LogP contribution in [0.1, 0.15) is 58.9 Å². The van der Waals surface area contributed by atoms with E-state index in [-0.39, 0.29) is 17.2 Å². The Kier molecular flexibility index (Phi) is 8.09. The fourth-order valence-electron chi connectivity index (χ4n) is 2.30. The first-order valence-electron chi connectivity index (χ1n) is 8.54. The van der Waals surface area contributed by atoms with Crippen LogP contribution in [0, 0.1) is 11.3 Å². The molecule has 0 heterocycles. The molecule has 0 unspecified atom stereocenters. The molecular formula is C19H26N2O4. The lowest BCUT2D eigenvalue weighted by molar-refractivity contribution is -0.140. The summed E-state index contributed by atoms with van der Waals surface area (Å²) in [4.78, 5) is 23.8. The van der Waals surface area contributed by atoms with Gasteiger partial charge >= 0.3 is 5.97 Å². The van der Waals surface area contributed by atoms with E-state index in [1.54, 1.807) is 13.0 Å². The summed E-state index contributed by atoms with van der Waals surface area (Å²) >= 11 is 0. The fraction of sp³-hybridized carbons (Fsp3) is 0.526. The van der Waals surface area contributed by atoms with Crippen LogP contribution in [0.25, 0.3) is 0 Å². The Morgan fingerprint density at radius 2 is 2.00 bits per heavy atom. The maximum atomic E-state index is 12.7. The number of carbonyl (C=O) groups excluding carboxylic acids is 2. The molecule has 0 radical (unpaired) electrons. The summed E-state index contributed by atoms with van der Waals surface area (Å²) in [7, 11) is 0. The van der Waals surface area contributed by atoms with Crippen molar-refractivity contribution >= 4 is 17.6 Å². The van der Waals surface area contributed by atoms with Crippen LogP contribution < -0.4 is 10.1 Å². The monoisotopic (exact) mass is 346 g/mol. The molecule has 0 aliphatic heterocycles. The molecular weight excluding hydrogens is 320 g/mol. The Labute approximate surface area is 149 Å². The Balaban J connectivity index is 2.99. The van der Waals surface area contributed by atoms with Crippen molar-refractivity contribution in [3.8, 4) is 11.8 Å². The molecule has 1 N–H and O–H groups in total. The second kappa shape index (κ2) is 9.80. The summed E-state index contributed by atoms with van der Waals surface area (Å²) < 4.78 is 10.8. The molecule has 1 atom stereocenters. The van der Waals surface area contributed by atoms with E-state index in [1.165, 1.54) is 19.1 Å². The number of rotatable bonds is 9. The van der Waals surface area contributed by atoms with Crippen molar-refractivity contribution in [2.24, 2.45) is 0 Å². The van der Waals surface area contributed by atoms with Gasteiger partial charge in [0.1, 0.15) is 17.4 Å². The molecule has 0 fully saturated rings. The standard InChI is InChI=1S/C19H26N2O4/c1-5-7-10-19(4,24-11-6-2)18(23)21-17-9-8-16(25-14(3)22)12-15(17)13-20/h8-9,12H,5-7,10-11H2,1-4H3,(H,21,23)/t19-/m0/s1. The molecule has 0 aromatic heterocycles. The molecule has 0 aliphatic carbocycles. The lowest BCUT2D eigenvalue weighted by atomic mass is 9.97. The van der Waals surface area contributed by atoms with E-state index in [0.29, 0.717) is 18.7 Å². The maximum Gasteiger partial charge on any atom is 0.308 e. The first-order chi connectivity index (χ1) is 11.9. The van der Waals surface area contributed by atoms with Crippen LogP contribution in [0.3, 0.4) is 0 Å². The number of anilines is 1. The maximum absolute atomic E-state index is 12.7. The Morgan fingerprint density at radius 3 is 2.56 bits per heavy atom. The summed E-state index contributed by atoms with van der Waals surface area (Å²) in [5.41, 5.74) is -0.362. The molecule has 0 spiro atoms. The average Bonchev–Trinajstić information content (AvgIpc) is 2.58. The van der Waals surface area contributed by atoms with Crippen LogP contribution in [0.4, 0.5) is 5.69 Å². The van der Waals surface area contributed by atoms with Crippen LogP contribution in [0.5, 0.6) is 5.75 Å². The summed E-state index contributed by atoms with van der Waals surface area (Å²) in [6.07, 6.45) is 3.24. The minimum atomic E-state index is -0.951. The van der Waals surface area contributed by atoms with Crippen LogP contribution in [0.2, 0.25) is 0 Å². The third kappa shape index (κ3) is 6.20. The number of nitrogens with zero attached hydrogens (tertiary/aromatic N) is 1. The quantitative estimate of drug-likeness (QED) is 0.543. The highest BCUT2D eigenvalue weighted by Crippen LogP contribution is 2.26. The van der Waals surface area contributed by atoms with Gasteiger partial charge in [0.2, 0.25) is 0 Å². The van der Waals surface area contributed by atoms with Gasteiger partial charge in [-0.05, 0) is 31.9 Å². The van der Waals surface area contributed by atoms with Gasteiger partial charge in [0.05, 0.1) is 11.3 Å². The summed E-state index contributed by atoms with van der Waals surface area (Å²) in [5, 5.41) is 12.1. The number of ether oxygens (including phenoxy) is 2. The van der Waals surface area contributed by atoms with Gasteiger partial charge in [0, 0.05) is 19.6 Å². The summed E-state index contributed by atoms with van der Waals surface area (Å²) in [6.45, 7) is 7.59. The summed E-state index contributed by atoms with van der Waals surface area (Å²) in [5.74, 6) is -0.495. The van der Waals surface area contributed by atoms with Crippen LogP contribution in [-0.4, -0.2) is 24.1 Å². The molecule has 1 aromatic carbocycles. The van der Waals surface area contributed by atoms with E-state index in [9.17, 15) is 14.9 Å². The molecule has 0 saturated carbocycles. The zero-order valence-corrected chi connectivity index (χ0v) is 15.3. The van der Waals surface area contributed by atoms with E-state index in [2.05, 4.69) is 12.2 Å². The predicted octanol–water partition coefficient (Wildman–Crippen LogP) is 3.80. The first-order valence-corrected chi connectivity index (χ1v) is 8.54. The Morgan fingerprint density at radius 1 is 1.28 bits per heavy atom. The van der Waals surface area contributed by atoms with Crippen molar-refractivity contribution in [3.05, 3.63) is 23.8 Å². The van der Waals surface area contributed by atoms with Gasteiger partial charge in [-0.1, -0.05) is 26.7 Å². The molecule has 136 valence electrons.